The van der Waals surface area contributed by atoms with Gasteiger partial charge in [0.05, 0.1) is 0 Å². The molecule has 0 spiro atoms. The van der Waals surface area contributed by atoms with Crippen LogP contribution in [0.4, 0.5) is 0 Å². The fourth-order valence-corrected chi connectivity index (χ4v) is 2.12. The summed E-state index contributed by atoms with van der Waals surface area (Å²) in [7, 11) is 0. The lowest BCUT2D eigenvalue weighted by Crippen LogP contribution is -2.31. The van der Waals surface area contributed by atoms with Gasteiger partial charge in [0.25, 0.3) is 11.9 Å². The van der Waals surface area contributed by atoms with Crippen LogP contribution in [0.3, 0.4) is 0 Å². The molecule has 2 aliphatic rings. The highest BCUT2D eigenvalue weighted by molar-refractivity contribution is 5.96. The summed E-state index contributed by atoms with van der Waals surface area (Å²) in [5.41, 5.74) is 3.54. The van der Waals surface area contributed by atoms with Gasteiger partial charge in [0.2, 0.25) is 0 Å². The van der Waals surface area contributed by atoms with E-state index in [1.807, 2.05) is 6.07 Å². The van der Waals surface area contributed by atoms with Gasteiger partial charge in [-0.1, -0.05) is 12.1 Å². The van der Waals surface area contributed by atoms with E-state index in [1.54, 1.807) is 0 Å². The molecular formula is C14H17NO3. The van der Waals surface area contributed by atoms with Crippen LogP contribution in [0, 0.1) is 0 Å². The SMILES string of the molecule is CC(=O)O.O=C1NCCc2cc(C3CC3)ccc21. The van der Waals surface area contributed by atoms with Crippen molar-refractivity contribution in [1.29, 1.82) is 0 Å². The van der Waals surface area contributed by atoms with Crippen molar-refractivity contribution in [2.24, 2.45) is 0 Å². The molecule has 1 aliphatic heterocycles. The van der Waals surface area contributed by atoms with E-state index in [-0.39, 0.29) is 5.91 Å². The third-order valence-electron chi connectivity index (χ3n) is 3.10. The van der Waals surface area contributed by atoms with Gasteiger partial charge in [0.1, 0.15) is 0 Å². The monoisotopic (exact) mass is 247 g/mol. The number of hydrogen-bond donors (Lipinski definition) is 2. The maximum absolute atomic E-state index is 11.5. The quantitative estimate of drug-likeness (QED) is 0.797. The minimum atomic E-state index is -0.833. The number of hydrogen-bond acceptors (Lipinski definition) is 2. The summed E-state index contributed by atoms with van der Waals surface area (Å²) < 4.78 is 0. The van der Waals surface area contributed by atoms with Crippen molar-refractivity contribution in [3.63, 3.8) is 0 Å². The molecule has 96 valence electrons. The van der Waals surface area contributed by atoms with Gasteiger partial charge in [-0.15, -0.1) is 0 Å². The first-order chi connectivity index (χ1) is 8.58. The molecular weight excluding hydrogens is 230 g/mol. The summed E-state index contributed by atoms with van der Waals surface area (Å²) >= 11 is 0. The van der Waals surface area contributed by atoms with Gasteiger partial charge in [-0.3, -0.25) is 9.59 Å². The number of carboxylic acid groups (broad SMARTS) is 1. The summed E-state index contributed by atoms with van der Waals surface area (Å²) in [4.78, 5) is 20.5. The molecule has 4 nitrogen and oxygen atoms in total. The van der Waals surface area contributed by atoms with Crippen LogP contribution >= 0.6 is 0 Å². The smallest absolute Gasteiger partial charge is 0.300 e. The maximum atomic E-state index is 11.5. The highest BCUT2D eigenvalue weighted by atomic mass is 16.4. The Hall–Kier alpha value is -1.84. The van der Waals surface area contributed by atoms with E-state index in [9.17, 15) is 4.79 Å². The Balaban J connectivity index is 0.000000267. The van der Waals surface area contributed by atoms with Crippen molar-refractivity contribution in [2.45, 2.75) is 32.1 Å². The lowest BCUT2D eigenvalue weighted by Gasteiger charge is -2.17. The lowest BCUT2D eigenvalue weighted by molar-refractivity contribution is -0.134. The van der Waals surface area contributed by atoms with Crippen LogP contribution in [0.5, 0.6) is 0 Å². The van der Waals surface area contributed by atoms with E-state index in [4.69, 9.17) is 9.90 Å². The number of carboxylic acids is 1. The number of carbonyl (C=O) groups excluding carboxylic acids is 1. The molecule has 4 heteroatoms. The third kappa shape index (κ3) is 3.09. The predicted octanol–water partition coefficient (Wildman–Crippen LogP) is 1.94. The van der Waals surface area contributed by atoms with E-state index in [0.717, 1.165) is 31.4 Å². The number of amides is 1. The largest absolute Gasteiger partial charge is 0.481 e. The molecule has 1 heterocycles. The van der Waals surface area contributed by atoms with Crippen LogP contribution in [0.2, 0.25) is 0 Å². The summed E-state index contributed by atoms with van der Waals surface area (Å²) in [5, 5.41) is 10.3. The molecule has 1 fully saturated rings. The Morgan fingerprint density at radius 2 is 2.06 bits per heavy atom. The minimum absolute atomic E-state index is 0.0913. The van der Waals surface area contributed by atoms with Gasteiger partial charge in [-0.05, 0) is 42.4 Å². The second kappa shape index (κ2) is 5.21. The number of carbonyl (C=O) groups is 2. The molecule has 1 aliphatic carbocycles. The van der Waals surface area contributed by atoms with Crippen LogP contribution in [0.1, 0.15) is 47.2 Å². The lowest BCUT2D eigenvalue weighted by atomic mass is 9.96. The van der Waals surface area contributed by atoms with E-state index < -0.39 is 5.97 Å². The van der Waals surface area contributed by atoms with Crippen LogP contribution < -0.4 is 5.32 Å². The summed E-state index contributed by atoms with van der Waals surface area (Å²) in [6, 6.07) is 6.32. The standard InChI is InChI=1S/C12H13NO.C2H4O2/c14-12-11-4-3-9(8-1-2-8)7-10(11)5-6-13-12;1-2(3)4/h3-4,7-8H,1-2,5-6H2,(H,13,14);1H3,(H,3,4). The number of aliphatic carboxylic acids is 1. The molecule has 0 bridgehead atoms. The highest BCUT2D eigenvalue weighted by Gasteiger charge is 2.25. The van der Waals surface area contributed by atoms with E-state index in [2.05, 4.69) is 17.4 Å². The Bertz CT molecular complexity index is 474. The Labute approximate surface area is 106 Å². The third-order valence-corrected chi connectivity index (χ3v) is 3.10. The van der Waals surface area contributed by atoms with Crippen molar-refractivity contribution < 1.29 is 14.7 Å². The number of benzene rings is 1. The van der Waals surface area contributed by atoms with Crippen molar-refractivity contribution in [3.8, 4) is 0 Å². The van der Waals surface area contributed by atoms with Crippen molar-refractivity contribution in [2.75, 3.05) is 6.54 Å². The van der Waals surface area contributed by atoms with Crippen LogP contribution in [-0.4, -0.2) is 23.5 Å². The molecule has 0 aromatic heterocycles. The predicted molar refractivity (Wildman–Crippen MR) is 67.8 cm³/mol. The Morgan fingerprint density at radius 1 is 1.39 bits per heavy atom. The van der Waals surface area contributed by atoms with Crippen molar-refractivity contribution >= 4 is 11.9 Å². The molecule has 18 heavy (non-hydrogen) atoms. The minimum Gasteiger partial charge on any atom is -0.481 e. The number of fused-ring (bicyclic) bond motifs is 1. The molecule has 0 saturated heterocycles. The summed E-state index contributed by atoms with van der Waals surface area (Å²) in [6.07, 6.45) is 3.64. The molecule has 1 aromatic rings. The molecule has 0 unspecified atom stereocenters. The van der Waals surface area contributed by atoms with Crippen LogP contribution in [0.25, 0.3) is 0 Å². The van der Waals surface area contributed by atoms with E-state index in [0.29, 0.717) is 0 Å². The first-order valence-corrected chi connectivity index (χ1v) is 6.18. The molecule has 1 amide bonds. The fourth-order valence-electron chi connectivity index (χ4n) is 2.12. The van der Waals surface area contributed by atoms with E-state index >= 15 is 0 Å². The van der Waals surface area contributed by atoms with Gasteiger partial charge in [0.15, 0.2) is 0 Å². The van der Waals surface area contributed by atoms with Crippen LogP contribution in [0.15, 0.2) is 18.2 Å². The molecule has 1 aromatic carbocycles. The van der Waals surface area contributed by atoms with Gasteiger partial charge >= 0.3 is 0 Å². The zero-order valence-electron chi connectivity index (χ0n) is 10.4. The first kappa shape index (κ1) is 12.6. The van der Waals surface area contributed by atoms with Crippen molar-refractivity contribution in [1.82, 2.24) is 5.32 Å². The molecule has 0 radical (unpaired) electrons. The van der Waals surface area contributed by atoms with Crippen LogP contribution in [-0.2, 0) is 11.2 Å². The number of nitrogens with one attached hydrogen (secondary N) is 1. The summed E-state index contributed by atoms with van der Waals surface area (Å²) in [5.74, 6) is 0.0406. The highest BCUT2D eigenvalue weighted by Crippen LogP contribution is 2.40. The molecule has 2 N–H and O–H groups in total. The van der Waals surface area contributed by atoms with Gasteiger partial charge < -0.3 is 10.4 Å². The zero-order chi connectivity index (χ0) is 13.1. The number of rotatable bonds is 1. The average molecular weight is 247 g/mol. The van der Waals surface area contributed by atoms with Gasteiger partial charge in [-0.2, -0.15) is 0 Å². The van der Waals surface area contributed by atoms with E-state index in [1.165, 1.54) is 24.0 Å². The molecule has 0 atom stereocenters. The molecule has 3 rings (SSSR count). The first-order valence-electron chi connectivity index (χ1n) is 6.18. The normalized spacial score (nSPS) is 17.1. The average Bonchev–Trinajstić information content (AvgIpc) is 3.12. The summed E-state index contributed by atoms with van der Waals surface area (Å²) in [6.45, 7) is 1.87. The Kier molecular flexibility index (Phi) is 3.65. The van der Waals surface area contributed by atoms with Gasteiger partial charge in [0, 0.05) is 19.0 Å². The fraction of sp³-hybridized carbons (Fsp3) is 0.429. The second-order valence-electron chi connectivity index (χ2n) is 4.72. The Morgan fingerprint density at radius 3 is 2.67 bits per heavy atom. The molecule has 1 saturated carbocycles. The zero-order valence-corrected chi connectivity index (χ0v) is 10.4. The topological polar surface area (TPSA) is 66.4 Å². The maximum Gasteiger partial charge on any atom is 0.300 e. The second-order valence-corrected chi connectivity index (χ2v) is 4.72. The van der Waals surface area contributed by atoms with Gasteiger partial charge in [-0.25, -0.2) is 0 Å². The van der Waals surface area contributed by atoms with Crippen molar-refractivity contribution in [3.05, 3.63) is 34.9 Å².